The smallest absolute Gasteiger partial charge is 0.171 e. The molecule has 0 heterocycles. The van der Waals surface area contributed by atoms with Crippen molar-refractivity contribution < 1.29 is 0 Å². The summed E-state index contributed by atoms with van der Waals surface area (Å²) < 4.78 is 0. The van der Waals surface area contributed by atoms with Crippen molar-refractivity contribution in [2.75, 3.05) is 0 Å². The Morgan fingerprint density at radius 2 is 1.24 bits per heavy atom. The van der Waals surface area contributed by atoms with Crippen LogP contribution in [0.15, 0.2) is 60.7 Å². The highest BCUT2D eigenvalue weighted by molar-refractivity contribution is 6.94. The van der Waals surface area contributed by atoms with E-state index in [1.165, 1.54) is 22.3 Å². The van der Waals surface area contributed by atoms with Crippen molar-refractivity contribution in [3.63, 3.8) is 0 Å². The molecule has 2 unspecified atom stereocenters. The van der Waals surface area contributed by atoms with Crippen molar-refractivity contribution in [2.45, 2.75) is 17.4 Å². The van der Waals surface area contributed by atoms with Gasteiger partial charge in [0, 0.05) is 11.8 Å². The van der Waals surface area contributed by atoms with E-state index in [9.17, 15) is 0 Å². The quantitative estimate of drug-likeness (QED) is 0.536. The zero-order chi connectivity index (χ0) is 14.2. The summed E-state index contributed by atoms with van der Waals surface area (Å²) in [6.07, 6.45) is 9.15. The molecule has 0 N–H and O–H groups in total. The van der Waals surface area contributed by atoms with Gasteiger partial charge in [-0.1, -0.05) is 72.8 Å². The second-order valence-electron chi connectivity index (χ2n) is 5.66. The Balaban J connectivity index is 1.72. The molecule has 102 valence electrons. The minimum absolute atomic E-state index is 0.411. The summed E-state index contributed by atoms with van der Waals surface area (Å²) in [6.45, 7) is 0. The second kappa shape index (κ2) is 5.32. The third kappa shape index (κ3) is 2.12. The predicted molar refractivity (Wildman–Crippen MR) is 91.8 cm³/mol. The SMILES string of the molecule is Cl[Si]C(C1C=Cc2ccccc21)C1C=Cc2ccccc21. The van der Waals surface area contributed by atoms with Crippen molar-refractivity contribution in [1.29, 1.82) is 0 Å². The van der Waals surface area contributed by atoms with Gasteiger partial charge in [0.1, 0.15) is 0 Å². The van der Waals surface area contributed by atoms with Gasteiger partial charge in [0.05, 0.1) is 0 Å². The lowest BCUT2D eigenvalue weighted by atomic mass is 9.86. The standard InChI is InChI=1S/C19H15ClSi/c20-21-19(17-11-9-13-5-1-3-7-15(13)17)18-12-10-14-6-2-4-8-16(14)18/h1-12,17-19H. The van der Waals surface area contributed by atoms with Gasteiger partial charge in [-0.25, -0.2) is 0 Å². The zero-order valence-corrected chi connectivity index (χ0v) is 13.3. The maximum atomic E-state index is 6.42. The van der Waals surface area contributed by atoms with Crippen molar-refractivity contribution in [2.24, 2.45) is 0 Å². The number of rotatable bonds is 3. The molecule has 2 aliphatic carbocycles. The van der Waals surface area contributed by atoms with Crippen LogP contribution in [0.5, 0.6) is 0 Å². The van der Waals surface area contributed by atoms with Gasteiger partial charge in [0.15, 0.2) is 8.83 Å². The van der Waals surface area contributed by atoms with E-state index in [0.717, 1.165) is 0 Å². The summed E-state index contributed by atoms with van der Waals surface area (Å²) in [5, 5.41) is 0. The van der Waals surface area contributed by atoms with Crippen LogP contribution in [-0.2, 0) is 0 Å². The summed E-state index contributed by atoms with van der Waals surface area (Å²) in [5.41, 5.74) is 5.98. The van der Waals surface area contributed by atoms with E-state index in [0.29, 0.717) is 26.2 Å². The predicted octanol–water partition coefficient (Wildman–Crippen LogP) is 5.25. The molecule has 0 saturated heterocycles. The topological polar surface area (TPSA) is 0 Å². The Kier molecular flexibility index (Phi) is 3.32. The van der Waals surface area contributed by atoms with E-state index in [1.54, 1.807) is 0 Å². The number of hydrogen-bond acceptors (Lipinski definition) is 0. The molecule has 2 atom stereocenters. The number of hydrogen-bond donors (Lipinski definition) is 0. The van der Waals surface area contributed by atoms with Gasteiger partial charge in [0.2, 0.25) is 0 Å². The maximum absolute atomic E-state index is 6.42. The molecule has 2 radical (unpaired) electrons. The summed E-state index contributed by atoms with van der Waals surface area (Å²) in [6, 6.07) is 17.3. The average Bonchev–Trinajstić information content (AvgIpc) is 3.14. The van der Waals surface area contributed by atoms with E-state index in [4.69, 9.17) is 11.1 Å². The largest absolute Gasteiger partial charge is 0.177 e. The van der Waals surface area contributed by atoms with Crippen molar-refractivity contribution in [1.82, 2.24) is 0 Å². The van der Waals surface area contributed by atoms with E-state index >= 15 is 0 Å². The highest BCUT2D eigenvalue weighted by atomic mass is 35.6. The Morgan fingerprint density at radius 3 is 1.71 bits per heavy atom. The number of halogens is 1. The van der Waals surface area contributed by atoms with E-state index < -0.39 is 0 Å². The molecule has 0 saturated carbocycles. The van der Waals surface area contributed by atoms with Crippen LogP contribution >= 0.6 is 11.1 Å². The molecule has 0 amide bonds. The van der Waals surface area contributed by atoms with Gasteiger partial charge in [-0.2, -0.15) is 11.1 Å². The van der Waals surface area contributed by atoms with Crippen molar-refractivity contribution in [3.8, 4) is 0 Å². The Hall–Kier alpha value is -1.57. The third-order valence-electron chi connectivity index (χ3n) is 4.58. The molecular formula is C19H15ClSi. The van der Waals surface area contributed by atoms with E-state index in [1.807, 2.05) is 0 Å². The molecule has 0 bridgehead atoms. The summed E-state index contributed by atoms with van der Waals surface area (Å²) >= 11 is 6.42. The van der Waals surface area contributed by atoms with Gasteiger partial charge < -0.3 is 0 Å². The van der Waals surface area contributed by atoms with E-state index in [-0.39, 0.29) is 0 Å². The summed E-state index contributed by atoms with van der Waals surface area (Å²) in [7, 11) is 0.411. The molecule has 2 aromatic rings. The monoisotopic (exact) mass is 306 g/mol. The first-order valence-electron chi connectivity index (χ1n) is 7.29. The first-order valence-corrected chi connectivity index (χ1v) is 9.38. The van der Waals surface area contributed by atoms with Gasteiger partial charge in [-0.15, -0.1) is 0 Å². The summed E-state index contributed by atoms with van der Waals surface area (Å²) in [4.78, 5) is 0. The van der Waals surface area contributed by atoms with Crippen LogP contribution in [0, 0.1) is 0 Å². The van der Waals surface area contributed by atoms with Crippen LogP contribution in [0.3, 0.4) is 0 Å². The molecule has 0 fully saturated rings. The Bertz CT molecular complexity index is 670. The molecular weight excluding hydrogens is 292 g/mol. The Labute approximate surface area is 132 Å². The fraction of sp³-hybridized carbons (Fsp3) is 0.158. The lowest BCUT2D eigenvalue weighted by Gasteiger charge is -2.27. The van der Waals surface area contributed by atoms with Crippen molar-refractivity contribution in [3.05, 3.63) is 82.9 Å². The molecule has 0 aliphatic heterocycles. The molecule has 2 aromatic carbocycles. The maximum Gasteiger partial charge on any atom is 0.177 e. The van der Waals surface area contributed by atoms with Crippen LogP contribution in [-0.4, -0.2) is 8.83 Å². The van der Waals surface area contributed by atoms with Gasteiger partial charge >= 0.3 is 0 Å². The zero-order valence-electron chi connectivity index (χ0n) is 11.5. The number of benzene rings is 2. The van der Waals surface area contributed by atoms with E-state index in [2.05, 4.69) is 72.8 Å². The van der Waals surface area contributed by atoms with Crippen LogP contribution < -0.4 is 0 Å². The van der Waals surface area contributed by atoms with Gasteiger partial charge in [-0.3, -0.25) is 0 Å². The lowest BCUT2D eigenvalue weighted by Crippen LogP contribution is -2.15. The van der Waals surface area contributed by atoms with Crippen LogP contribution in [0.1, 0.15) is 34.1 Å². The average molecular weight is 307 g/mol. The minimum atomic E-state index is 0.411. The highest BCUT2D eigenvalue weighted by Gasteiger charge is 2.34. The molecule has 0 aromatic heterocycles. The van der Waals surface area contributed by atoms with Crippen LogP contribution in [0.25, 0.3) is 12.2 Å². The van der Waals surface area contributed by atoms with Gasteiger partial charge in [0.25, 0.3) is 0 Å². The number of allylic oxidation sites excluding steroid dienone is 2. The minimum Gasteiger partial charge on any atom is -0.171 e. The fourth-order valence-electron chi connectivity index (χ4n) is 3.54. The molecule has 21 heavy (non-hydrogen) atoms. The molecule has 0 nitrogen and oxygen atoms in total. The summed E-state index contributed by atoms with van der Waals surface area (Å²) in [5.74, 6) is 0.857. The van der Waals surface area contributed by atoms with Crippen molar-refractivity contribution >= 4 is 32.1 Å². The fourth-order valence-corrected chi connectivity index (χ4v) is 5.21. The highest BCUT2D eigenvalue weighted by Crippen LogP contribution is 2.49. The van der Waals surface area contributed by atoms with Gasteiger partial charge in [-0.05, 0) is 27.8 Å². The normalized spacial score (nSPS) is 23.1. The molecule has 4 rings (SSSR count). The molecule has 2 heteroatoms. The third-order valence-corrected chi connectivity index (χ3v) is 6.30. The first-order chi connectivity index (χ1) is 10.4. The molecule has 0 spiro atoms. The van der Waals surface area contributed by atoms with Crippen LogP contribution in [0.4, 0.5) is 0 Å². The first kappa shape index (κ1) is 13.1. The van der Waals surface area contributed by atoms with Crippen LogP contribution in [0.2, 0.25) is 5.54 Å². The second-order valence-corrected chi connectivity index (χ2v) is 7.20. The number of fused-ring (bicyclic) bond motifs is 2. The Morgan fingerprint density at radius 1 is 0.762 bits per heavy atom. The lowest BCUT2D eigenvalue weighted by molar-refractivity contribution is 0.682. The molecule has 2 aliphatic rings.